The molecule has 0 aromatic carbocycles. The van der Waals surface area contributed by atoms with Crippen LogP contribution in [0.3, 0.4) is 0 Å². The summed E-state index contributed by atoms with van der Waals surface area (Å²) in [5.74, 6) is 0. The molecule has 0 amide bonds. The summed E-state index contributed by atoms with van der Waals surface area (Å²) in [5, 5.41) is 0. The fourth-order valence-electron chi connectivity index (χ4n) is 0. The van der Waals surface area contributed by atoms with Gasteiger partial charge in [0.05, 0.1) is 0 Å². The van der Waals surface area contributed by atoms with Crippen molar-refractivity contribution in [2.24, 2.45) is 0 Å². The minimum absolute atomic E-state index is 0. The Morgan fingerprint density at radius 3 is 1.25 bits per heavy atom. The van der Waals surface area contributed by atoms with Gasteiger partial charge in [0, 0.05) is 7.11 Å². The van der Waals surface area contributed by atoms with E-state index in [1.54, 1.807) is 13.1 Å². The molecule has 12 heavy (non-hydrogen) atoms. The zero-order valence-electron chi connectivity index (χ0n) is 9.43. The topological polar surface area (TPSA) is 29.5 Å². The molecule has 0 unspecified atom stereocenters. The zero-order chi connectivity index (χ0) is 7.91. The van der Waals surface area contributed by atoms with Gasteiger partial charge in [-0.15, -0.1) is 0 Å². The van der Waals surface area contributed by atoms with Crippen LogP contribution in [-0.4, -0.2) is 20.5 Å². The van der Waals surface area contributed by atoms with Gasteiger partial charge in [-0.05, 0) is 13.1 Å². The van der Waals surface area contributed by atoms with Crippen LogP contribution in [0.2, 0.25) is 13.1 Å². The minimum atomic E-state index is -2.13. The van der Waals surface area contributed by atoms with Crippen molar-refractivity contribution in [2.75, 3.05) is 7.11 Å². The summed E-state index contributed by atoms with van der Waals surface area (Å²) in [6, 6.07) is 0. The average Bonchev–Trinajstić information content (AvgIpc) is 1.67. The molecule has 4 heteroatoms. The van der Waals surface area contributed by atoms with E-state index >= 15 is 0 Å². The van der Waals surface area contributed by atoms with Gasteiger partial charge in [0.1, 0.15) is 0 Å². The number of hydrogen-bond acceptors (Lipinski definition) is 2. The molecule has 0 atom stereocenters. The van der Waals surface area contributed by atoms with Crippen LogP contribution in [0.5, 0.6) is 0 Å². The molecule has 0 aromatic rings. The van der Waals surface area contributed by atoms with E-state index in [0.29, 0.717) is 0 Å². The summed E-state index contributed by atoms with van der Waals surface area (Å²) < 4.78 is 4.63. The van der Waals surface area contributed by atoms with Gasteiger partial charge in [-0.25, -0.2) is 0 Å². The van der Waals surface area contributed by atoms with Crippen LogP contribution in [0.1, 0.15) is 13.8 Å². The first-order chi connectivity index (χ1) is 3.97. The zero-order valence-corrected chi connectivity index (χ0v) is 12.0. The molecule has 2 nitrogen and oxygen atoms in total. The van der Waals surface area contributed by atoms with Crippen LogP contribution in [0, 0.1) is 21.3 Å². The molecule has 1 N–H and O–H groups in total. The Morgan fingerprint density at radius 1 is 1.17 bits per heavy atom. The molecule has 0 rings (SSSR count). The summed E-state index contributed by atoms with van der Waals surface area (Å²) in [5.41, 5.74) is 0. The Labute approximate surface area is 94.9 Å². The van der Waals surface area contributed by atoms with Gasteiger partial charge in [-0.1, -0.05) is 0 Å². The Balaban J connectivity index is -0.0000000246. The molecule has 0 aliphatic rings. The Kier molecular flexibility index (Phi) is 43.5. The maximum Gasteiger partial charge on any atom is 3.00 e. The van der Waals surface area contributed by atoms with Gasteiger partial charge < -0.3 is 30.5 Å². The molecular formula is C8H23O2SiTi. The molecule has 0 fully saturated rings. The largest absolute Gasteiger partial charge is 3.00 e. The predicted octanol–water partition coefficient (Wildman–Crippen LogP) is 2.46. The Morgan fingerprint density at radius 2 is 1.25 bits per heavy atom. The molecule has 0 aliphatic heterocycles. The fourth-order valence-corrected chi connectivity index (χ4v) is 0. The van der Waals surface area contributed by atoms with Crippen molar-refractivity contribution in [3.8, 4) is 0 Å². The maximum absolute atomic E-state index is 8.74. The van der Waals surface area contributed by atoms with Crippen LogP contribution in [0.15, 0.2) is 0 Å². The molecule has 75 valence electrons. The van der Waals surface area contributed by atoms with Crippen molar-refractivity contribution in [1.82, 2.24) is 0 Å². The smallest absolute Gasteiger partial charge is 0.411 e. The predicted molar refractivity (Wildman–Crippen MR) is 55.2 cm³/mol. The van der Waals surface area contributed by atoms with E-state index < -0.39 is 8.56 Å². The fraction of sp³-hybridized carbons (Fsp3) is 0.625. The number of rotatable bonds is 1. The van der Waals surface area contributed by atoms with Gasteiger partial charge in [0.15, 0.2) is 0 Å². The van der Waals surface area contributed by atoms with Gasteiger partial charge in [-0.2, -0.15) is 13.8 Å². The maximum atomic E-state index is 8.74. The van der Waals surface area contributed by atoms with Crippen LogP contribution in [-0.2, 0) is 26.1 Å². The summed E-state index contributed by atoms with van der Waals surface area (Å²) in [6.07, 6.45) is 2.00. The van der Waals surface area contributed by atoms with Gasteiger partial charge in [-0.3, -0.25) is 0 Å². The second kappa shape index (κ2) is 17.8. The first kappa shape index (κ1) is 29.3. The molecule has 0 aliphatic carbocycles. The molecule has 0 bridgehead atoms. The molecule has 0 aromatic heterocycles. The standard InChI is InChI=1S/C3H10O2Si.C3H7.2CH3.Ti/c1-5-6(2,3)4;1-3-2;;;/h4H,1-3H3;3H,1-2H3;2*1H3;/q;3*-1;+3. The van der Waals surface area contributed by atoms with E-state index in [1.165, 1.54) is 7.11 Å². The Bertz CT molecular complexity index is 55.5. The summed E-state index contributed by atoms with van der Waals surface area (Å²) in [4.78, 5) is 8.74. The van der Waals surface area contributed by atoms with Crippen molar-refractivity contribution in [3.05, 3.63) is 21.3 Å². The van der Waals surface area contributed by atoms with Crippen molar-refractivity contribution >= 4 is 8.56 Å². The number of hydrogen-bond donors (Lipinski definition) is 1. The van der Waals surface area contributed by atoms with E-state index in [2.05, 4.69) is 4.43 Å². The second-order valence-corrected chi connectivity index (χ2v) is 5.53. The summed E-state index contributed by atoms with van der Waals surface area (Å²) in [7, 11) is -0.611. The molecule has 0 spiro atoms. The third-order valence-electron chi connectivity index (χ3n) is 0.500. The van der Waals surface area contributed by atoms with Gasteiger partial charge >= 0.3 is 30.3 Å². The monoisotopic (exact) mass is 227 g/mol. The third-order valence-corrected chi connectivity index (χ3v) is 1.50. The van der Waals surface area contributed by atoms with E-state index in [4.69, 9.17) is 4.80 Å². The van der Waals surface area contributed by atoms with E-state index in [1.807, 2.05) is 20.3 Å². The van der Waals surface area contributed by atoms with Crippen molar-refractivity contribution in [3.63, 3.8) is 0 Å². The first-order valence-corrected chi connectivity index (χ1v) is 5.85. The van der Waals surface area contributed by atoms with Crippen molar-refractivity contribution in [2.45, 2.75) is 26.9 Å². The van der Waals surface area contributed by atoms with Crippen molar-refractivity contribution < 1.29 is 30.9 Å². The quantitative estimate of drug-likeness (QED) is 0.550. The van der Waals surface area contributed by atoms with E-state index in [-0.39, 0.29) is 36.6 Å². The van der Waals surface area contributed by atoms with Crippen molar-refractivity contribution in [1.29, 1.82) is 0 Å². The van der Waals surface area contributed by atoms with Crippen LogP contribution in [0.4, 0.5) is 0 Å². The molecule has 0 heterocycles. The van der Waals surface area contributed by atoms with Crippen LogP contribution in [0.25, 0.3) is 0 Å². The molecule has 0 saturated heterocycles. The Hall–Kier alpha value is 0.851. The van der Waals surface area contributed by atoms with E-state index in [0.717, 1.165) is 0 Å². The minimum Gasteiger partial charge on any atom is -0.411 e. The van der Waals surface area contributed by atoms with Crippen LogP contribution >= 0.6 is 0 Å². The van der Waals surface area contributed by atoms with Gasteiger partial charge in [0.25, 0.3) is 0 Å². The van der Waals surface area contributed by atoms with Crippen LogP contribution < -0.4 is 0 Å². The first-order valence-electron chi connectivity index (χ1n) is 2.99. The SMILES string of the molecule is CO[Si](C)(C)O.C[CH-]C.[CH3-].[CH3-].[Ti+3]. The second-order valence-electron chi connectivity index (χ2n) is 2.23. The normalized spacial score (nSPS) is 7.50. The average molecular weight is 227 g/mol. The molecule has 1 radical (unpaired) electrons. The molecule has 0 saturated carbocycles. The summed E-state index contributed by atoms with van der Waals surface area (Å²) >= 11 is 0. The molecular weight excluding hydrogens is 204 g/mol. The third kappa shape index (κ3) is 71.0. The summed E-state index contributed by atoms with van der Waals surface area (Å²) in [6.45, 7) is 7.43. The van der Waals surface area contributed by atoms with E-state index in [9.17, 15) is 0 Å². The van der Waals surface area contributed by atoms with Gasteiger partial charge in [0.2, 0.25) is 0 Å².